The molecule has 2 rings (SSSR count). The van der Waals surface area contributed by atoms with E-state index in [1.54, 1.807) is 0 Å². The van der Waals surface area contributed by atoms with Crippen molar-refractivity contribution in [1.29, 1.82) is 0 Å². The minimum atomic E-state index is -0.578. The van der Waals surface area contributed by atoms with Gasteiger partial charge in [-0.15, -0.1) is 11.3 Å². The zero-order valence-corrected chi connectivity index (χ0v) is 11.5. The Bertz CT molecular complexity index is 585. The van der Waals surface area contributed by atoms with Crippen molar-refractivity contribution in [2.45, 2.75) is 6.54 Å². The number of phenols is 1. The van der Waals surface area contributed by atoms with Gasteiger partial charge in [0.05, 0.1) is 12.1 Å². The molecular formula is C12H9BrFNO2S. The van der Waals surface area contributed by atoms with Crippen molar-refractivity contribution in [3.63, 3.8) is 0 Å². The van der Waals surface area contributed by atoms with Gasteiger partial charge in [-0.1, -0.05) is 0 Å². The van der Waals surface area contributed by atoms with Gasteiger partial charge in [0.15, 0.2) is 0 Å². The Morgan fingerprint density at radius 1 is 1.44 bits per heavy atom. The van der Waals surface area contributed by atoms with Crippen LogP contribution in [0.1, 0.15) is 15.2 Å². The Morgan fingerprint density at radius 2 is 2.22 bits per heavy atom. The van der Waals surface area contributed by atoms with Crippen molar-refractivity contribution < 1.29 is 14.3 Å². The number of aromatic hydroxyl groups is 1. The van der Waals surface area contributed by atoms with Gasteiger partial charge in [-0.3, -0.25) is 4.79 Å². The van der Waals surface area contributed by atoms with Gasteiger partial charge in [-0.05, 0) is 34.1 Å². The van der Waals surface area contributed by atoms with Crippen LogP contribution >= 0.6 is 27.3 Å². The molecule has 0 atom stereocenters. The average Bonchev–Trinajstić information content (AvgIpc) is 2.72. The average molecular weight is 330 g/mol. The summed E-state index contributed by atoms with van der Waals surface area (Å²) in [6.45, 7) is 0.367. The third-order valence-corrected chi connectivity index (χ3v) is 3.95. The van der Waals surface area contributed by atoms with E-state index in [9.17, 15) is 14.3 Å². The number of rotatable bonds is 3. The van der Waals surface area contributed by atoms with Gasteiger partial charge in [0.25, 0.3) is 5.91 Å². The Hall–Kier alpha value is -1.40. The third kappa shape index (κ3) is 3.08. The first-order valence-electron chi connectivity index (χ1n) is 5.06. The number of hydrogen-bond acceptors (Lipinski definition) is 3. The standard InChI is InChI=1S/C12H9BrFNO2S/c13-7-3-9(18-6-7)5-15-12(17)10-2-1-8(14)4-11(10)16/h1-4,6,16H,5H2,(H,15,17). The van der Waals surface area contributed by atoms with Crippen LogP contribution in [0.3, 0.4) is 0 Å². The predicted octanol–water partition coefficient (Wildman–Crippen LogP) is 3.29. The van der Waals surface area contributed by atoms with Gasteiger partial charge in [-0.25, -0.2) is 4.39 Å². The highest BCUT2D eigenvalue weighted by molar-refractivity contribution is 9.10. The smallest absolute Gasteiger partial charge is 0.255 e. The maximum Gasteiger partial charge on any atom is 0.255 e. The molecule has 1 aromatic carbocycles. The molecule has 2 N–H and O–H groups in total. The van der Waals surface area contributed by atoms with Crippen molar-refractivity contribution in [1.82, 2.24) is 5.32 Å². The quantitative estimate of drug-likeness (QED) is 0.907. The number of carbonyl (C=O) groups is 1. The highest BCUT2D eigenvalue weighted by atomic mass is 79.9. The van der Waals surface area contributed by atoms with E-state index < -0.39 is 11.7 Å². The molecule has 0 spiro atoms. The Balaban J connectivity index is 2.03. The molecule has 6 heteroatoms. The number of nitrogens with one attached hydrogen (secondary N) is 1. The van der Waals surface area contributed by atoms with Crippen LogP contribution in [-0.4, -0.2) is 11.0 Å². The van der Waals surface area contributed by atoms with Crippen LogP contribution in [0.5, 0.6) is 5.75 Å². The molecule has 0 unspecified atom stereocenters. The lowest BCUT2D eigenvalue weighted by Gasteiger charge is -2.05. The van der Waals surface area contributed by atoms with E-state index in [1.165, 1.54) is 17.4 Å². The van der Waals surface area contributed by atoms with Crippen LogP contribution in [0.4, 0.5) is 4.39 Å². The lowest BCUT2D eigenvalue weighted by Crippen LogP contribution is -2.22. The van der Waals surface area contributed by atoms with Crippen LogP contribution in [-0.2, 0) is 6.54 Å². The first kappa shape index (κ1) is 13.0. The van der Waals surface area contributed by atoms with Crippen molar-refractivity contribution in [3.8, 4) is 5.75 Å². The third-order valence-electron chi connectivity index (χ3n) is 2.25. The largest absolute Gasteiger partial charge is 0.507 e. The second-order valence-corrected chi connectivity index (χ2v) is 5.49. The minimum Gasteiger partial charge on any atom is -0.507 e. The topological polar surface area (TPSA) is 49.3 Å². The van der Waals surface area contributed by atoms with E-state index >= 15 is 0 Å². The van der Waals surface area contributed by atoms with Crippen LogP contribution in [0.25, 0.3) is 0 Å². The molecule has 1 amide bonds. The van der Waals surface area contributed by atoms with Crippen LogP contribution in [0.15, 0.2) is 34.1 Å². The number of carbonyl (C=O) groups excluding carboxylic acids is 1. The molecule has 94 valence electrons. The number of hydrogen-bond donors (Lipinski definition) is 2. The summed E-state index contributed by atoms with van der Waals surface area (Å²) in [5.41, 5.74) is 0.0621. The molecule has 0 saturated carbocycles. The number of phenolic OH excluding ortho intramolecular Hbond substituents is 1. The van der Waals surface area contributed by atoms with Crippen molar-refractivity contribution in [3.05, 3.63) is 50.4 Å². The lowest BCUT2D eigenvalue weighted by atomic mass is 10.2. The van der Waals surface area contributed by atoms with Gasteiger partial charge in [0.2, 0.25) is 0 Å². The number of benzene rings is 1. The molecule has 1 heterocycles. The van der Waals surface area contributed by atoms with E-state index in [-0.39, 0.29) is 11.3 Å². The fourth-order valence-electron chi connectivity index (χ4n) is 1.41. The van der Waals surface area contributed by atoms with E-state index in [1.807, 2.05) is 11.4 Å². The maximum atomic E-state index is 12.8. The number of halogens is 2. The molecule has 0 bridgehead atoms. The van der Waals surface area contributed by atoms with Crippen LogP contribution in [0.2, 0.25) is 0 Å². The summed E-state index contributed by atoms with van der Waals surface area (Å²) in [5.74, 6) is -1.37. The summed E-state index contributed by atoms with van der Waals surface area (Å²) in [6.07, 6.45) is 0. The van der Waals surface area contributed by atoms with E-state index in [0.717, 1.165) is 21.5 Å². The Labute approximate surface area is 115 Å². The molecule has 18 heavy (non-hydrogen) atoms. The fraction of sp³-hybridized carbons (Fsp3) is 0.0833. The summed E-state index contributed by atoms with van der Waals surface area (Å²) in [4.78, 5) is 12.7. The van der Waals surface area contributed by atoms with Gasteiger partial charge in [0, 0.05) is 20.8 Å². The van der Waals surface area contributed by atoms with E-state index in [4.69, 9.17) is 0 Å². The molecular weight excluding hydrogens is 321 g/mol. The highest BCUT2D eigenvalue weighted by Crippen LogP contribution is 2.20. The monoisotopic (exact) mass is 329 g/mol. The maximum absolute atomic E-state index is 12.8. The zero-order chi connectivity index (χ0) is 13.1. The SMILES string of the molecule is O=C(NCc1cc(Br)cs1)c1ccc(F)cc1O. The molecule has 0 fully saturated rings. The van der Waals surface area contributed by atoms with E-state index in [2.05, 4.69) is 21.2 Å². The zero-order valence-electron chi connectivity index (χ0n) is 9.11. The first-order valence-corrected chi connectivity index (χ1v) is 6.73. The van der Waals surface area contributed by atoms with Crippen molar-refractivity contribution in [2.24, 2.45) is 0 Å². The van der Waals surface area contributed by atoms with Gasteiger partial charge >= 0.3 is 0 Å². The molecule has 0 radical (unpaired) electrons. The molecule has 0 aliphatic heterocycles. The van der Waals surface area contributed by atoms with Gasteiger partial charge in [0.1, 0.15) is 11.6 Å². The second-order valence-electron chi connectivity index (χ2n) is 3.58. The van der Waals surface area contributed by atoms with Crippen molar-refractivity contribution >= 4 is 33.2 Å². The molecule has 1 aromatic heterocycles. The Morgan fingerprint density at radius 3 is 2.83 bits per heavy atom. The number of amides is 1. The Kier molecular flexibility index (Phi) is 3.98. The van der Waals surface area contributed by atoms with E-state index in [0.29, 0.717) is 6.54 Å². The van der Waals surface area contributed by atoms with Crippen LogP contribution < -0.4 is 5.32 Å². The molecule has 3 nitrogen and oxygen atoms in total. The van der Waals surface area contributed by atoms with Gasteiger partial charge < -0.3 is 10.4 Å². The normalized spacial score (nSPS) is 10.3. The first-order chi connectivity index (χ1) is 8.56. The highest BCUT2D eigenvalue weighted by Gasteiger charge is 2.11. The molecule has 0 saturated heterocycles. The lowest BCUT2D eigenvalue weighted by molar-refractivity contribution is 0.0948. The summed E-state index contributed by atoms with van der Waals surface area (Å²) >= 11 is 4.83. The number of thiophene rings is 1. The predicted molar refractivity (Wildman–Crippen MR) is 71.3 cm³/mol. The molecule has 0 aliphatic rings. The van der Waals surface area contributed by atoms with Crippen LogP contribution in [0, 0.1) is 5.82 Å². The minimum absolute atomic E-state index is 0.0621. The summed E-state index contributed by atoms with van der Waals surface area (Å²) in [5, 5.41) is 14.0. The fourth-order valence-corrected chi connectivity index (χ4v) is 2.80. The summed E-state index contributed by atoms with van der Waals surface area (Å²) in [6, 6.07) is 5.20. The summed E-state index contributed by atoms with van der Waals surface area (Å²) in [7, 11) is 0. The molecule has 2 aromatic rings. The van der Waals surface area contributed by atoms with Crippen molar-refractivity contribution in [2.75, 3.05) is 0 Å². The van der Waals surface area contributed by atoms with Gasteiger partial charge in [-0.2, -0.15) is 0 Å². The summed E-state index contributed by atoms with van der Waals surface area (Å²) < 4.78 is 13.7. The second kappa shape index (κ2) is 5.49. The molecule has 0 aliphatic carbocycles.